The zero-order valence-electron chi connectivity index (χ0n) is 8.80. The molecule has 0 aliphatic rings. The zero-order valence-corrected chi connectivity index (χ0v) is 11.0. The topological polar surface area (TPSA) is 20.2 Å². The summed E-state index contributed by atoms with van der Waals surface area (Å²) in [5.41, 5.74) is 1.10. The lowest BCUT2D eigenvalue weighted by Gasteiger charge is -2.15. The first-order valence-corrected chi connectivity index (χ1v) is 6.02. The Bertz CT molecular complexity index is 218. The monoisotopic (exact) mass is 306 g/mol. The second-order valence-electron chi connectivity index (χ2n) is 3.22. The average molecular weight is 306 g/mol. The third kappa shape index (κ3) is 4.96. The van der Waals surface area contributed by atoms with Crippen LogP contribution in [-0.4, -0.2) is 11.2 Å². The molecule has 2 heteroatoms. The quantitative estimate of drug-likeness (QED) is 0.557. The highest BCUT2D eigenvalue weighted by Crippen LogP contribution is 2.25. The minimum Gasteiger partial charge on any atom is -0.389 e. The molecule has 1 N–H and O–H groups in total. The lowest BCUT2D eigenvalue weighted by atomic mass is 10.0. The van der Waals surface area contributed by atoms with Crippen LogP contribution < -0.4 is 0 Å². The molecule has 0 aromatic heterocycles. The van der Waals surface area contributed by atoms with Crippen LogP contribution in [0.1, 0.15) is 32.6 Å². The molecular weight excluding hydrogens is 287 g/mol. The van der Waals surface area contributed by atoms with Gasteiger partial charge in [-0.25, -0.2) is 0 Å². The molecule has 14 heavy (non-hydrogen) atoms. The van der Waals surface area contributed by atoms with Crippen molar-refractivity contribution >= 4 is 22.6 Å². The van der Waals surface area contributed by atoms with Gasteiger partial charge >= 0.3 is 0 Å². The molecule has 80 valence electrons. The zero-order chi connectivity index (χ0) is 11.0. The lowest BCUT2D eigenvalue weighted by Crippen LogP contribution is -2.10. The number of aliphatic hydroxyl groups excluding tert-OH is 1. The van der Waals surface area contributed by atoms with Gasteiger partial charge in [0.15, 0.2) is 0 Å². The third-order valence-electron chi connectivity index (χ3n) is 2.00. The van der Waals surface area contributed by atoms with Gasteiger partial charge in [-0.2, -0.15) is 0 Å². The van der Waals surface area contributed by atoms with Crippen LogP contribution in [-0.2, 0) is 0 Å². The molecule has 0 aromatic rings. The van der Waals surface area contributed by atoms with E-state index in [9.17, 15) is 5.11 Å². The van der Waals surface area contributed by atoms with Gasteiger partial charge in [0.05, 0.1) is 6.10 Å². The molecule has 0 bridgehead atoms. The summed E-state index contributed by atoms with van der Waals surface area (Å²) in [6, 6.07) is 0. The highest BCUT2D eigenvalue weighted by atomic mass is 127. The molecule has 0 amide bonds. The first-order valence-electron chi connectivity index (χ1n) is 4.94. The number of hydrogen-bond donors (Lipinski definition) is 1. The molecule has 0 radical (unpaired) electrons. The molecule has 0 rings (SSSR count). The standard InChI is InChI=1S/C12H19IO/c1-4-7-10(11(13)8-5-2)12(14)9-6-3/h4-5,12,14H,1-2,6-9H2,3H3/b11-10-. The molecule has 0 heterocycles. The van der Waals surface area contributed by atoms with Gasteiger partial charge in [0.25, 0.3) is 0 Å². The Kier molecular flexibility index (Phi) is 8.18. The maximum absolute atomic E-state index is 9.89. The summed E-state index contributed by atoms with van der Waals surface area (Å²) in [6.07, 6.45) is 6.83. The van der Waals surface area contributed by atoms with Gasteiger partial charge in [-0.05, 0) is 51.0 Å². The maximum atomic E-state index is 9.89. The molecule has 0 spiro atoms. The predicted molar refractivity (Wildman–Crippen MR) is 71.6 cm³/mol. The second-order valence-corrected chi connectivity index (χ2v) is 4.52. The number of aliphatic hydroxyl groups is 1. The summed E-state index contributed by atoms with van der Waals surface area (Å²) in [4.78, 5) is 0. The summed E-state index contributed by atoms with van der Waals surface area (Å²) in [5.74, 6) is 0. The van der Waals surface area contributed by atoms with Crippen LogP contribution in [0.3, 0.4) is 0 Å². The van der Waals surface area contributed by atoms with Crippen molar-refractivity contribution in [3.8, 4) is 0 Å². The Hall–Kier alpha value is -0.0900. The van der Waals surface area contributed by atoms with Gasteiger partial charge in [-0.1, -0.05) is 25.5 Å². The van der Waals surface area contributed by atoms with Crippen LogP contribution in [0.4, 0.5) is 0 Å². The lowest BCUT2D eigenvalue weighted by molar-refractivity contribution is 0.196. The Morgan fingerprint density at radius 3 is 2.36 bits per heavy atom. The first-order chi connectivity index (χ1) is 6.67. The van der Waals surface area contributed by atoms with Crippen molar-refractivity contribution in [2.24, 2.45) is 0 Å². The molecule has 0 aliphatic heterocycles. The van der Waals surface area contributed by atoms with Crippen molar-refractivity contribution in [2.45, 2.75) is 38.7 Å². The van der Waals surface area contributed by atoms with E-state index in [1.54, 1.807) is 0 Å². The average Bonchev–Trinajstić information content (AvgIpc) is 2.14. The third-order valence-corrected chi connectivity index (χ3v) is 3.13. The van der Waals surface area contributed by atoms with E-state index >= 15 is 0 Å². The SMILES string of the molecule is C=CC/C(I)=C(\CC=C)C(O)CCC. The number of rotatable bonds is 7. The summed E-state index contributed by atoms with van der Waals surface area (Å²) in [6.45, 7) is 9.49. The molecule has 0 saturated carbocycles. The fraction of sp³-hybridized carbons (Fsp3) is 0.500. The van der Waals surface area contributed by atoms with Gasteiger partial charge in [-0.15, -0.1) is 13.2 Å². The van der Waals surface area contributed by atoms with Gasteiger partial charge in [0.2, 0.25) is 0 Å². The molecule has 0 aromatic carbocycles. The molecule has 0 saturated heterocycles. The van der Waals surface area contributed by atoms with Crippen molar-refractivity contribution in [1.82, 2.24) is 0 Å². The molecular formula is C12H19IO. The van der Waals surface area contributed by atoms with Gasteiger partial charge in [0, 0.05) is 0 Å². The van der Waals surface area contributed by atoms with Crippen LogP contribution in [0.2, 0.25) is 0 Å². The number of hydrogen-bond acceptors (Lipinski definition) is 1. The van der Waals surface area contributed by atoms with Crippen LogP contribution in [0.15, 0.2) is 34.5 Å². The predicted octanol–water partition coefficient (Wildman–Crippen LogP) is 3.99. The maximum Gasteiger partial charge on any atom is 0.0763 e. The second kappa shape index (κ2) is 8.24. The highest BCUT2D eigenvalue weighted by molar-refractivity contribution is 14.1. The van der Waals surface area contributed by atoms with E-state index in [0.717, 1.165) is 31.3 Å². The van der Waals surface area contributed by atoms with E-state index in [4.69, 9.17) is 0 Å². The smallest absolute Gasteiger partial charge is 0.0763 e. The normalized spacial score (nSPS) is 14.5. The Morgan fingerprint density at radius 2 is 1.93 bits per heavy atom. The first kappa shape index (κ1) is 13.9. The van der Waals surface area contributed by atoms with Crippen molar-refractivity contribution in [2.75, 3.05) is 0 Å². The highest BCUT2D eigenvalue weighted by Gasteiger charge is 2.11. The summed E-state index contributed by atoms with van der Waals surface area (Å²) in [7, 11) is 0. The molecule has 1 atom stereocenters. The Labute approximate surface area is 101 Å². The molecule has 0 fully saturated rings. The minimum atomic E-state index is -0.315. The van der Waals surface area contributed by atoms with Crippen LogP contribution in [0.25, 0.3) is 0 Å². The van der Waals surface area contributed by atoms with E-state index < -0.39 is 0 Å². The molecule has 1 nitrogen and oxygen atoms in total. The van der Waals surface area contributed by atoms with Gasteiger partial charge in [0.1, 0.15) is 0 Å². The van der Waals surface area contributed by atoms with Crippen LogP contribution >= 0.6 is 22.6 Å². The molecule has 0 aliphatic carbocycles. The summed E-state index contributed by atoms with van der Waals surface area (Å²) in [5, 5.41) is 9.89. The van der Waals surface area contributed by atoms with Gasteiger partial charge in [-0.3, -0.25) is 0 Å². The minimum absolute atomic E-state index is 0.315. The largest absolute Gasteiger partial charge is 0.389 e. The number of allylic oxidation sites excluding steroid dienone is 3. The fourth-order valence-corrected chi connectivity index (χ4v) is 2.18. The van der Waals surface area contributed by atoms with Crippen molar-refractivity contribution in [3.63, 3.8) is 0 Å². The van der Waals surface area contributed by atoms with E-state index in [1.807, 2.05) is 12.2 Å². The van der Waals surface area contributed by atoms with Crippen molar-refractivity contribution in [1.29, 1.82) is 0 Å². The molecule has 1 unspecified atom stereocenters. The van der Waals surface area contributed by atoms with Gasteiger partial charge < -0.3 is 5.11 Å². The Morgan fingerprint density at radius 1 is 1.36 bits per heavy atom. The Balaban J connectivity index is 4.61. The summed E-state index contributed by atoms with van der Waals surface area (Å²) < 4.78 is 1.19. The van der Waals surface area contributed by atoms with Crippen molar-refractivity contribution < 1.29 is 5.11 Å². The van der Waals surface area contributed by atoms with Crippen molar-refractivity contribution in [3.05, 3.63) is 34.5 Å². The number of halogens is 1. The van der Waals surface area contributed by atoms with E-state index in [0.29, 0.717) is 0 Å². The van der Waals surface area contributed by atoms with Crippen LogP contribution in [0, 0.1) is 0 Å². The van der Waals surface area contributed by atoms with E-state index in [1.165, 1.54) is 3.58 Å². The van der Waals surface area contributed by atoms with Crippen LogP contribution in [0.5, 0.6) is 0 Å². The van der Waals surface area contributed by atoms with E-state index in [2.05, 4.69) is 42.7 Å². The fourth-order valence-electron chi connectivity index (χ4n) is 1.29. The summed E-state index contributed by atoms with van der Waals surface area (Å²) >= 11 is 2.28. The van der Waals surface area contributed by atoms with E-state index in [-0.39, 0.29) is 6.10 Å².